The molecular weight excluding hydrogens is 358 g/mol. The number of carbonyl (C=O) groups is 3. The molecule has 0 N–H and O–H groups in total. The minimum atomic E-state index is -0.267. The third kappa shape index (κ3) is 3.26. The van der Waals surface area contributed by atoms with Crippen LogP contribution in [0.5, 0.6) is 0 Å². The molecule has 0 aliphatic carbocycles. The largest absolute Gasteiger partial charge is 0.339 e. The minimum absolute atomic E-state index is 0.0658. The third-order valence-corrected chi connectivity index (χ3v) is 5.36. The lowest BCUT2D eigenvalue weighted by Crippen LogP contribution is -2.49. The summed E-state index contributed by atoms with van der Waals surface area (Å²) in [4.78, 5) is 46.8. The quantitative estimate of drug-likeness (QED) is 0.726. The monoisotopic (exact) mass is 381 g/mol. The highest BCUT2D eigenvalue weighted by Crippen LogP contribution is 2.22. The van der Waals surface area contributed by atoms with Crippen LogP contribution in [0.4, 0.5) is 5.95 Å². The maximum Gasteiger partial charge on any atom is 0.261 e. The standard InChI is InChI=1S/C20H23N5O3/c1-22-10-8-21-20(22)24-13-11-23(12-14-24)17(26)7-4-9-25-18(27)15-5-2-3-6-16(15)19(25)28/h2-3,5-6,8,10H,4,7,9,11-14H2,1H3. The molecule has 1 fully saturated rings. The zero-order valence-electron chi connectivity index (χ0n) is 15.9. The van der Waals surface area contributed by atoms with E-state index in [-0.39, 0.29) is 24.3 Å². The van der Waals surface area contributed by atoms with Gasteiger partial charge in [0.05, 0.1) is 11.1 Å². The van der Waals surface area contributed by atoms with Crippen LogP contribution in [0.15, 0.2) is 36.7 Å². The number of hydrogen-bond acceptors (Lipinski definition) is 5. The van der Waals surface area contributed by atoms with Crippen molar-refractivity contribution in [2.75, 3.05) is 37.6 Å². The molecule has 2 aliphatic heterocycles. The fourth-order valence-electron chi connectivity index (χ4n) is 3.81. The summed E-state index contributed by atoms with van der Waals surface area (Å²) in [6, 6.07) is 6.84. The van der Waals surface area contributed by atoms with E-state index in [2.05, 4.69) is 9.88 Å². The van der Waals surface area contributed by atoms with Crippen LogP contribution in [0, 0.1) is 0 Å². The van der Waals surface area contributed by atoms with Crippen LogP contribution < -0.4 is 4.90 Å². The highest BCUT2D eigenvalue weighted by molar-refractivity contribution is 6.21. The fourth-order valence-corrected chi connectivity index (χ4v) is 3.81. The summed E-state index contributed by atoms with van der Waals surface area (Å²) >= 11 is 0. The van der Waals surface area contributed by atoms with Crippen molar-refractivity contribution in [2.45, 2.75) is 12.8 Å². The lowest BCUT2D eigenvalue weighted by Gasteiger charge is -2.35. The maximum atomic E-state index is 12.5. The van der Waals surface area contributed by atoms with Gasteiger partial charge >= 0.3 is 0 Å². The van der Waals surface area contributed by atoms with E-state index in [1.807, 2.05) is 22.7 Å². The van der Waals surface area contributed by atoms with E-state index in [0.717, 1.165) is 19.0 Å². The van der Waals surface area contributed by atoms with Crippen molar-refractivity contribution >= 4 is 23.7 Å². The second kappa shape index (κ2) is 7.46. The highest BCUT2D eigenvalue weighted by atomic mass is 16.2. The molecule has 3 heterocycles. The molecule has 2 aromatic rings. The van der Waals surface area contributed by atoms with Crippen molar-refractivity contribution < 1.29 is 14.4 Å². The number of imide groups is 1. The third-order valence-electron chi connectivity index (χ3n) is 5.36. The summed E-state index contributed by atoms with van der Waals surface area (Å²) in [5.74, 6) is 0.447. The van der Waals surface area contributed by atoms with Gasteiger partial charge in [-0.15, -0.1) is 0 Å². The van der Waals surface area contributed by atoms with Gasteiger partial charge in [0.15, 0.2) is 0 Å². The first-order chi connectivity index (χ1) is 13.6. The number of amides is 3. The Bertz CT molecular complexity index is 879. The molecule has 1 aromatic heterocycles. The van der Waals surface area contributed by atoms with Gasteiger partial charge in [-0.3, -0.25) is 19.3 Å². The van der Waals surface area contributed by atoms with Crippen LogP contribution in [0.3, 0.4) is 0 Å². The lowest BCUT2D eigenvalue weighted by atomic mass is 10.1. The zero-order chi connectivity index (χ0) is 19.7. The number of carbonyl (C=O) groups excluding carboxylic acids is 3. The zero-order valence-corrected chi connectivity index (χ0v) is 15.9. The number of aryl methyl sites for hydroxylation is 1. The van der Waals surface area contributed by atoms with Crippen molar-refractivity contribution in [1.29, 1.82) is 0 Å². The maximum absolute atomic E-state index is 12.5. The highest BCUT2D eigenvalue weighted by Gasteiger charge is 2.34. The molecular formula is C20H23N5O3. The normalized spacial score (nSPS) is 16.7. The molecule has 0 saturated carbocycles. The van der Waals surface area contributed by atoms with Gasteiger partial charge < -0.3 is 14.4 Å². The Morgan fingerprint density at radius 3 is 2.25 bits per heavy atom. The second-order valence-electron chi connectivity index (χ2n) is 7.12. The predicted octanol–water partition coefficient (Wildman–Crippen LogP) is 1.15. The molecule has 146 valence electrons. The van der Waals surface area contributed by atoms with E-state index in [1.165, 1.54) is 4.90 Å². The van der Waals surface area contributed by atoms with Crippen LogP contribution >= 0.6 is 0 Å². The van der Waals surface area contributed by atoms with Crippen LogP contribution in [0.25, 0.3) is 0 Å². The van der Waals surface area contributed by atoms with Gasteiger partial charge in [-0.2, -0.15) is 0 Å². The number of piperazine rings is 1. The minimum Gasteiger partial charge on any atom is -0.339 e. The number of imidazole rings is 1. The summed E-state index contributed by atoms with van der Waals surface area (Å²) in [5, 5.41) is 0. The molecule has 2 aliphatic rings. The van der Waals surface area contributed by atoms with Gasteiger partial charge in [-0.05, 0) is 18.6 Å². The van der Waals surface area contributed by atoms with E-state index in [4.69, 9.17) is 0 Å². The van der Waals surface area contributed by atoms with Crippen molar-refractivity contribution in [2.24, 2.45) is 7.05 Å². The summed E-state index contributed by atoms with van der Waals surface area (Å²) in [5.41, 5.74) is 0.897. The molecule has 8 nitrogen and oxygen atoms in total. The predicted molar refractivity (Wildman–Crippen MR) is 103 cm³/mol. The van der Waals surface area contributed by atoms with Crippen molar-refractivity contribution in [3.63, 3.8) is 0 Å². The molecule has 0 radical (unpaired) electrons. The number of fused-ring (bicyclic) bond motifs is 1. The van der Waals surface area contributed by atoms with Crippen molar-refractivity contribution in [3.05, 3.63) is 47.8 Å². The van der Waals surface area contributed by atoms with Crippen molar-refractivity contribution in [1.82, 2.24) is 19.4 Å². The van der Waals surface area contributed by atoms with E-state index < -0.39 is 0 Å². The summed E-state index contributed by atoms with van der Waals surface area (Å²) < 4.78 is 1.97. The van der Waals surface area contributed by atoms with Crippen molar-refractivity contribution in [3.8, 4) is 0 Å². The fraction of sp³-hybridized carbons (Fsp3) is 0.400. The van der Waals surface area contributed by atoms with Crippen LogP contribution in [0.2, 0.25) is 0 Å². The molecule has 4 rings (SSSR count). The molecule has 1 saturated heterocycles. The number of hydrogen-bond donors (Lipinski definition) is 0. The number of rotatable bonds is 5. The lowest BCUT2D eigenvalue weighted by molar-refractivity contribution is -0.131. The first kappa shape index (κ1) is 18.2. The Hall–Kier alpha value is -3.16. The SMILES string of the molecule is Cn1ccnc1N1CCN(C(=O)CCCN2C(=O)c3ccccc3C2=O)CC1. The number of benzene rings is 1. The Morgan fingerprint density at radius 1 is 1.04 bits per heavy atom. The van der Waals surface area contributed by atoms with Gasteiger partial charge in [0.25, 0.3) is 11.8 Å². The summed E-state index contributed by atoms with van der Waals surface area (Å²) in [6.07, 6.45) is 4.48. The second-order valence-corrected chi connectivity index (χ2v) is 7.12. The van der Waals surface area contributed by atoms with E-state index in [9.17, 15) is 14.4 Å². The Balaban J connectivity index is 1.25. The van der Waals surface area contributed by atoms with Crippen LogP contribution in [0.1, 0.15) is 33.6 Å². The Morgan fingerprint density at radius 2 is 1.68 bits per heavy atom. The topological polar surface area (TPSA) is 78.8 Å². The average Bonchev–Trinajstić information content (AvgIpc) is 3.25. The van der Waals surface area contributed by atoms with E-state index >= 15 is 0 Å². The van der Waals surface area contributed by atoms with E-state index in [1.54, 1.807) is 30.5 Å². The number of anilines is 1. The van der Waals surface area contributed by atoms with Gasteiger partial charge in [0.1, 0.15) is 0 Å². The number of nitrogens with zero attached hydrogens (tertiary/aromatic N) is 5. The molecule has 0 spiro atoms. The molecule has 1 aromatic carbocycles. The van der Waals surface area contributed by atoms with Crippen LogP contribution in [-0.4, -0.2) is 69.8 Å². The van der Waals surface area contributed by atoms with Gasteiger partial charge in [-0.25, -0.2) is 4.98 Å². The Labute approximate surface area is 163 Å². The average molecular weight is 381 g/mol. The number of aromatic nitrogens is 2. The summed E-state index contributed by atoms with van der Waals surface area (Å²) in [7, 11) is 1.96. The van der Waals surface area contributed by atoms with Gasteiger partial charge in [0.2, 0.25) is 11.9 Å². The summed E-state index contributed by atoms with van der Waals surface area (Å²) in [6.45, 7) is 3.06. The smallest absolute Gasteiger partial charge is 0.261 e. The molecule has 28 heavy (non-hydrogen) atoms. The first-order valence-corrected chi connectivity index (χ1v) is 9.51. The first-order valence-electron chi connectivity index (χ1n) is 9.51. The Kier molecular flexibility index (Phi) is 4.85. The molecule has 0 atom stereocenters. The van der Waals surface area contributed by atoms with E-state index in [0.29, 0.717) is 37.1 Å². The molecule has 0 unspecified atom stereocenters. The molecule has 0 bridgehead atoms. The molecule has 3 amide bonds. The van der Waals surface area contributed by atoms with Gasteiger partial charge in [0, 0.05) is 58.6 Å². The molecule has 8 heteroatoms. The van der Waals surface area contributed by atoms with Crippen LogP contribution in [-0.2, 0) is 11.8 Å². The van der Waals surface area contributed by atoms with Gasteiger partial charge in [-0.1, -0.05) is 12.1 Å².